The topological polar surface area (TPSA) is 35.5 Å². The summed E-state index contributed by atoms with van der Waals surface area (Å²) >= 11 is 0. The molecule has 0 N–H and O–H groups in total. The van der Waals surface area contributed by atoms with Crippen LogP contribution >= 0.6 is 0 Å². The molecule has 1 heterocycles. The molecule has 3 nitrogen and oxygen atoms in total. The van der Waals surface area contributed by atoms with E-state index >= 15 is 0 Å². The van der Waals surface area contributed by atoms with Crippen molar-refractivity contribution in [1.82, 2.24) is 0 Å². The molecule has 0 amide bonds. The van der Waals surface area contributed by atoms with Crippen molar-refractivity contribution in [2.75, 3.05) is 13.7 Å². The summed E-state index contributed by atoms with van der Waals surface area (Å²) < 4.78 is 9.81. The number of carbonyl (C=O) groups is 1. The van der Waals surface area contributed by atoms with Gasteiger partial charge in [-0.25, -0.2) is 4.79 Å². The minimum Gasteiger partial charge on any atom is -0.497 e. The smallest absolute Gasteiger partial charge is 0.333 e. The number of ether oxygens (including phenoxy) is 2. The summed E-state index contributed by atoms with van der Waals surface area (Å²) in [6.45, 7) is 4.79. The predicted octanol–water partition coefficient (Wildman–Crippen LogP) is 1.49. The standard InChI is InChI=1S/C9H14O3/c1-9(2)4-5-12-7(9)6-8(10)11-3/h6H,4-5H2,1-3H3/b7-6+. The van der Waals surface area contributed by atoms with Gasteiger partial charge < -0.3 is 9.47 Å². The van der Waals surface area contributed by atoms with Crippen molar-refractivity contribution in [2.45, 2.75) is 20.3 Å². The molecule has 0 atom stereocenters. The van der Waals surface area contributed by atoms with E-state index < -0.39 is 0 Å². The molecule has 3 heteroatoms. The number of hydrogen-bond acceptors (Lipinski definition) is 3. The van der Waals surface area contributed by atoms with Gasteiger partial charge in [0.2, 0.25) is 0 Å². The lowest BCUT2D eigenvalue weighted by Gasteiger charge is -2.15. The monoisotopic (exact) mass is 170 g/mol. The largest absolute Gasteiger partial charge is 0.497 e. The molecule has 0 aliphatic carbocycles. The SMILES string of the molecule is COC(=O)/C=C1/OCCC1(C)C. The lowest BCUT2D eigenvalue weighted by Crippen LogP contribution is -2.10. The molecule has 1 aliphatic rings. The minimum atomic E-state index is -0.347. The van der Waals surface area contributed by atoms with Crippen molar-refractivity contribution in [2.24, 2.45) is 5.41 Å². The Kier molecular flexibility index (Phi) is 2.40. The van der Waals surface area contributed by atoms with Gasteiger partial charge in [-0.1, -0.05) is 13.8 Å². The van der Waals surface area contributed by atoms with Gasteiger partial charge in [0.25, 0.3) is 0 Å². The average molecular weight is 170 g/mol. The van der Waals surface area contributed by atoms with Crippen molar-refractivity contribution in [1.29, 1.82) is 0 Å². The lowest BCUT2D eigenvalue weighted by molar-refractivity contribution is -0.135. The second-order valence-corrected chi connectivity index (χ2v) is 3.51. The van der Waals surface area contributed by atoms with Gasteiger partial charge in [-0.2, -0.15) is 0 Å². The number of hydrogen-bond donors (Lipinski definition) is 0. The molecule has 68 valence electrons. The highest BCUT2D eigenvalue weighted by Crippen LogP contribution is 2.36. The van der Waals surface area contributed by atoms with Crippen LogP contribution in [0.4, 0.5) is 0 Å². The number of allylic oxidation sites excluding steroid dienone is 1. The molecule has 0 radical (unpaired) electrons. The van der Waals surface area contributed by atoms with Gasteiger partial charge in [0.05, 0.1) is 19.8 Å². The molecule has 12 heavy (non-hydrogen) atoms. The van der Waals surface area contributed by atoms with Crippen LogP contribution in [0.5, 0.6) is 0 Å². The molecule has 0 aromatic rings. The maximum Gasteiger partial charge on any atom is 0.333 e. The fourth-order valence-corrected chi connectivity index (χ4v) is 1.14. The second kappa shape index (κ2) is 3.17. The van der Waals surface area contributed by atoms with E-state index in [0.29, 0.717) is 6.61 Å². The van der Waals surface area contributed by atoms with Gasteiger partial charge in [-0.3, -0.25) is 0 Å². The first kappa shape index (κ1) is 9.10. The number of methoxy groups -OCH3 is 1. The molecule has 1 aliphatic heterocycles. The van der Waals surface area contributed by atoms with Gasteiger partial charge in [-0.15, -0.1) is 0 Å². The molecule has 0 spiro atoms. The normalized spacial score (nSPS) is 23.8. The highest BCUT2D eigenvalue weighted by atomic mass is 16.5. The Balaban J connectivity index is 2.74. The van der Waals surface area contributed by atoms with Crippen LogP contribution in [-0.2, 0) is 14.3 Å². The van der Waals surface area contributed by atoms with E-state index in [-0.39, 0.29) is 11.4 Å². The molecule has 0 aromatic heterocycles. The maximum atomic E-state index is 10.9. The van der Waals surface area contributed by atoms with E-state index in [4.69, 9.17) is 4.74 Å². The van der Waals surface area contributed by atoms with Gasteiger partial charge in [0.1, 0.15) is 5.76 Å². The van der Waals surface area contributed by atoms with Crippen molar-refractivity contribution < 1.29 is 14.3 Å². The Morgan fingerprint density at radius 2 is 2.33 bits per heavy atom. The third-order valence-electron chi connectivity index (χ3n) is 2.10. The van der Waals surface area contributed by atoms with Gasteiger partial charge >= 0.3 is 5.97 Å². The zero-order chi connectivity index (χ0) is 9.19. The second-order valence-electron chi connectivity index (χ2n) is 3.51. The number of esters is 1. The summed E-state index contributed by atoms with van der Waals surface area (Å²) in [6.07, 6.45) is 2.38. The molecular formula is C9H14O3. The molecular weight excluding hydrogens is 156 g/mol. The molecule has 1 saturated heterocycles. The molecule has 1 fully saturated rings. The molecule has 1 rings (SSSR count). The Bertz CT molecular complexity index is 216. The van der Waals surface area contributed by atoms with E-state index in [1.54, 1.807) is 0 Å². The van der Waals surface area contributed by atoms with E-state index in [1.807, 2.05) is 0 Å². The van der Waals surface area contributed by atoms with Crippen LogP contribution in [0.25, 0.3) is 0 Å². The predicted molar refractivity (Wildman–Crippen MR) is 44.4 cm³/mol. The van der Waals surface area contributed by atoms with Crippen molar-refractivity contribution in [3.63, 3.8) is 0 Å². The summed E-state index contributed by atoms with van der Waals surface area (Å²) in [5.74, 6) is 0.384. The summed E-state index contributed by atoms with van der Waals surface area (Å²) in [5, 5.41) is 0. The van der Waals surface area contributed by atoms with Crippen LogP contribution in [0.15, 0.2) is 11.8 Å². The Morgan fingerprint density at radius 3 is 2.75 bits per heavy atom. The van der Waals surface area contributed by atoms with Crippen molar-refractivity contribution in [3.05, 3.63) is 11.8 Å². The minimum absolute atomic E-state index is 0.0197. The third kappa shape index (κ3) is 1.78. The van der Waals surface area contributed by atoms with Crippen LogP contribution in [0, 0.1) is 5.41 Å². The highest BCUT2D eigenvalue weighted by molar-refractivity contribution is 5.82. The molecule has 0 saturated carbocycles. The highest BCUT2D eigenvalue weighted by Gasteiger charge is 2.31. The first-order valence-electron chi connectivity index (χ1n) is 3.99. The van der Waals surface area contributed by atoms with Crippen molar-refractivity contribution >= 4 is 5.97 Å². The maximum absolute atomic E-state index is 10.9. The van der Waals surface area contributed by atoms with Crippen LogP contribution in [0.3, 0.4) is 0 Å². The molecule has 0 bridgehead atoms. The Morgan fingerprint density at radius 1 is 1.67 bits per heavy atom. The lowest BCUT2D eigenvalue weighted by atomic mass is 9.89. The average Bonchev–Trinajstić information content (AvgIpc) is 2.31. The quantitative estimate of drug-likeness (QED) is 0.442. The summed E-state index contributed by atoms with van der Waals surface area (Å²) in [5.41, 5.74) is -0.0197. The fraction of sp³-hybridized carbons (Fsp3) is 0.667. The first-order valence-corrected chi connectivity index (χ1v) is 3.99. The molecule has 0 aromatic carbocycles. The van der Waals surface area contributed by atoms with Crippen LogP contribution in [-0.4, -0.2) is 19.7 Å². The first-order chi connectivity index (χ1) is 5.56. The van der Waals surface area contributed by atoms with Crippen LogP contribution in [0.1, 0.15) is 20.3 Å². The van der Waals surface area contributed by atoms with Gasteiger partial charge in [0, 0.05) is 5.41 Å². The zero-order valence-corrected chi connectivity index (χ0v) is 7.72. The van der Waals surface area contributed by atoms with E-state index in [9.17, 15) is 4.79 Å². The molecule has 0 unspecified atom stereocenters. The van der Waals surface area contributed by atoms with E-state index in [1.165, 1.54) is 13.2 Å². The zero-order valence-electron chi connectivity index (χ0n) is 7.72. The summed E-state index contributed by atoms with van der Waals surface area (Å²) in [4.78, 5) is 10.9. The van der Waals surface area contributed by atoms with Crippen LogP contribution < -0.4 is 0 Å². The fourth-order valence-electron chi connectivity index (χ4n) is 1.14. The number of carbonyl (C=O) groups excluding carboxylic acids is 1. The van der Waals surface area contributed by atoms with E-state index in [2.05, 4.69) is 18.6 Å². The Hall–Kier alpha value is -0.990. The third-order valence-corrected chi connectivity index (χ3v) is 2.10. The summed E-state index contributed by atoms with van der Waals surface area (Å²) in [6, 6.07) is 0. The van der Waals surface area contributed by atoms with Gasteiger partial charge in [0.15, 0.2) is 0 Å². The van der Waals surface area contributed by atoms with Crippen LogP contribution in [0.2, 0.25) is 0 Å². The van der Waals surface area contributed by atoms with Crippen molar-refractivity contribution in [3.8, 4) is 0 Å². The number of rotatable bonds is 1. The van der Waals surface area contributed by atoms with E-state index in [0.717, 1.165) is 12.2 Å². The Labute approximate surface area is 72.4 Å². The van der Waals surface area contributed by atoms with Gasteiger partial charge in [-0.05, 0) is 6.42 Å². The summed E-state index contributed by atoms with van der Waals surface area (Å²) in [7, 11) is 1.36.